The number of ether oxygens (including phenoxy) is 1. The number of anilines is 1. The van der Waals surface area contributed by atoms with Crippen molar-refractivity contribution in [2.75, 3.05) is 11.9 Å². The van der Waals surface area contributed by atoms with Gasteiger partial charge in [-0.05, 0) is 51.3 Å². The van der Waals surface area contributed by atoms with Gasteiger partial charge in [-0.1, -0.05) is 24.8 Å². The Balaban J connectivity index is 1.39. The fourth-order valence-corrected chi connectivity index (χ4v) is 4.32. The van der Waals surface area contributed by atoms with Gasteiger partial charge >= 0.3 is 6.09 Å². The molecule has 4 N–H and O–H groups in total. The van der Waals surface area contributed by atoms with Crippen molar-refractivity contribution in [3.63, 3.8) is 0 Å². The number of hydrogen-bond donors (Lipinski definition) is 4. The Hall–Kier alpha value is -4.06. The van der Waals surface area contributed by atoms with Crippen LogP contribution in [0.15, 0.2) is 40.9 Å². The predicted molar refractivity (Wildman–Crippen MR) is 137 cm³/mol. The topological polar surface area (TPSA) is 129 Å². The summed E-state index contributed by atoms with van der Waals surface area (Å²) < 4.78 is 5.53. The smallest absolute Gasteiger partial charge is 0.407 e. The molecule has 0 saturated heterocycles. The van der Waals surface area contributed by atoms with Crippen molar-refractivity contribution < 1.29 is 19.4 Å². The van der Waals surface area contributed by atoms with E-state index in [1.54, 1.807) is 12.1 Å². The maximum Gasteiger partial charge on any atom is 0.407 e. The van der Waals surface area contributed by atoms with Gasteiger partial charge in [-0.25, -0.2) is 4.79 Å². The van der Waals surface area contributed by atoms with Gasteiger partial charge in [-0.15, -0.1) is 0 Å². The summed E-state index contributed by atoms with van der Waals surface area (Å²) in [6, 6.07) is 6.84. The van der Waals surface area contributed by atoms with E-state index in [1.807, 2.05) is 32.9 Å². The van der Waals surface area contributed by atoms with Crippen LogP contribution in [0.4, 0.5) is 10.6 Å². The molecule has 1 fully saturated rings. The van der Waals surface area contributed by atoms with Gasteiger partial charge in [0.05, 0.1) is 5.56 Å². The number of aromatic nitrogens is 2. The van der Waals surface area contributed by atoms with Crippen LogP contribution in [0.3, 0.4) is 0 Å². The zero-order valence-electron chi connectivity index (χ0n) is 20.7. The molecule has 0 spiro atoms. The van der Waals surface area contributed by atoms with E-state index in [-0.39, 0.29) is 41.4 Å². The van der Waals surface area contributed by atoms with E-state index in [0.29, 0.717) is 30.0 Å². The second-order valence-corrected chi connectivity index (χ2v) is 9.50. The maximum absolute atomic E-state index is 11.9. The molecule has 1 unspecified atom stereocenters. The summed E-state index contributed by atoms with van der Waals surface area (Å²) in [5, 5.41) is 23.4. The van der Waals surface area contributed by atoms with Crippen LogP contribution in [0.1, 0.15) is 67.6 Å². The number of phenolic OH excluding ortho intramolecular Hbond substituents is 1. The molecule has 9 nitrogen and oxygen atoms in total. The average Bonchev–Trinajstić information content (AvgIpc) is 3.48. The Kier molecular flexibility index (Phi) is 7.74. The Morgan fingerprint density at radius 2 is 2.14 bits per heavy atom. The normalized spacial score (nSPS) is 21.2. The fourth-order valence-electron chi connectivity index (χ4n) is 4.32. The van der Waals surface area contributed by atoms with Gasteiger partial charge in [-0.3, -0.25) is 14.9 Å². The lowest BCUT2D eigenvalue weighted by molar-refractivity contribution is 0.0981. The summed E-state index contributed by atoms with van der Waals surface area (Å²) in [4.78, 5) is 27.8. The standard InChI is InChI=1S/C27H31N5O4/c1-16(2)29-27(35)36-21-10-9-20(11-21)23-13-26(32-31-23)30-25-12-19(17(3)14-28-25)8-7-18-5-4-6-24(34)22(18)15-33/h4-6,12-13,15-17,20-21,34H,9-11,14H2,1-3H3,(H,29,35)(H2,28,30,31,32)/t17?,20-,21+/m0/s1. The largest absolute Gasteiger partial charge is 0.507 e. The molecule has 4 rings (SSSR count). The highest BCUT2D eigenvalue weighted by atomic mass is 16.6. The highest BCUT2D eigenvalue weighted by Crippen LogP contribution is 2.36. The van der Waals surface area contributed by atoms with Gasteiger partial charge in [0.1, 0.15) is 17.7 Å². The number of dihydropyridines is 1. The highest BCUT2D eigenvalue weighted by Gasteiger charge is 2.30. The fraction of sp³-hybridized carbons (Fsp3) is 0.407. The molecule has 2 aliphatic rings. The number of carbonyl (C=O) groups is 2. The monoisotopic (exact) mass is 489 g/mol. The molecule has 1 aliphatic carbocycles. The van der Waals surface area contributed by atoms with Crippen LogP contribution in [0.2, 0.25) is 0 Å². The van der Waals surface area contributed by atoms with E-state index >= 15 is 0 Å². The molecule has 1 aromatic heterocycles. The molecule has 3 atom stereocenters. The van der Waals surface area contributed by atoms with Crippen LogP contribution in [0.25, 0.3) is 0 Å². The van der Waals surface area contributed by atoms with Crippen LogP contribution < -0.4 is 10.6 Å². The predicted octanol–water partition coefficient (Wildman–Crippen LogP) is 4.14. The molecule has 9 heteroatoms. The number of aliphatic imine (C=N–C) groups is 1. The van der Waals surface area contributed by atoms with Gasteiger partial charge < -0.3 is 20.5 Å². The van der Waals surface area contributed by atoms with Gasteiger partial charge in [0, 0.05) is 47.3 Å². The van der Waals surface area contributed by atoms with Crippen molar-refractivity contribution in [3.8, 4) is 17.6 Å². The van der Waals surface area contributed by atoms with E-state index in [9.17, 15) is 14.7 Å². The Morgan fingerprint density at radius 3 is 2.92 bits per heavy atom. The summed E-state index contributed by atoms with van der Waals surface area (Å²) >= 11 is 0. The molecular formula is C27H31N5O4. The van der Waals surface area contributed by atoms with Crippen LogP contribution in [0, 0.1) is 17.8 Å². The quantitative estimate of drug-likeness (QED) is 0.369. The van der Waals surface area contributed by atoms with Crippen molar-refractivity contribution in [1.82, 2.24) is 15.5 Å². The Labute approximate surface area is 210 Å². The number of nitrogens with zero attached hydrogens (tertiary/aromatic N) is 2. The molecule has 0 radical (unpaired) electrons. The molecule has 2 heterocycles. The van der Waals surface area contributed by atoms with E-state index < -0.39 is 0 Å². The number of aromatic hydroxyl groups is 1. The summed E-state index contributed by atoms with van der Waals surface area (Å²) in [6.45, 7) is 6.41. The number of alkyl carbamates (subject to hydrolysis) is 1. The lowest BCUT2D eigenvalue weighted by Gasteiger charge is -2.16. The molecule has 188 valence electrons. The van der Waals surface area contributed by atoms with Gasteiger partial charge in [0.25, 0.3) is 0 Å². The average molecular weight is 490 g/mol. The number of phenols is 1. The second-order valence-electron chi connectivity index (χ2n) is 9.50. The first kappa shape index (κ1) is 25.0. The number of amidine groups is 1. The summed E-state index contributed by atoms with van der Waals surface area (Å²) in [5.41, 5.74) is 2.53. The molecule has 0 bridgehead atoms. The SMILES string of the molecule is CC(C)NC(=O)O[C@@H]1CC[C@H](c2cc(NC3=NCC(C)C(C#Cc4cccc(O)c4C=O)=C3)n[nH]2)C1. The lowest BCUT2D eigenvalue weighted by atomic mass is 9.98. The molecular weight excluding hydrogens is 458 g/mol. The van der Waals surface area contributed by atoms with Crippen molar-refractivity contribution in [2.45, 2.75) is 58.1 Å². The number of hydrogen-bond acceptors (Lipinski definition) is 7. The van der Waals surface area contributed by atoms with E-state index in [0.717, 1.165) is 30.5 Å². The minimum atomic E-state index is -0.371. The maximum atomic E-state index is 11.9. The van der Waals surface area contributed by atoms with Crippen LogP contribution in [0.5, 0.6) is 5.75 Å². The first-order valence-electron chi connectivity index (χ1n) is 12.2. The number of rotatable bonds is 5. The third-order valence-electron chi connectivity index (χ3n) is 6.26. The Morgan fingerprint density at radius 1 is 1.31 bits per heavy atom. The number of benzene rings is 1. The zero-order chi connectivity index (χ0) is 25.7. The molecule has 36 heavy (non-hydrogen) atoms. The minimum Gasteiger partial charge on any atom is -0.507 e. The lowest BCUT2D eigenvalue weighted by Crippen LogP contribution is -2.33. The summed E-state index contributed by atoms with van der Waals surface area (Å²) in [5.74, 6) is 7.72. The summed E-state index contributed by atoms with van der Waals surface area (Å²) in [6.07, 6.45) is 4.50. The first-order chi connectivity index (χ1) is 17.3. The molecule has 1 amide bonds. The van der Waals surface area contributed by atoms with Gasteiger partial charge in [0.2, 0.25) is 0 Å². The van der Waals surface area contributed by atoms with Crippen molar-refractivity contribution in [2.24, 2.45) is 10.9 Å². The van der Waals surface area contributed by atoms with E-state index in [1.165, 1.54) is 6.07 Å². The number of carbonyl (C=O) groups excluding carboxylic acids is 2. The zero-order valence-corrected chi connectivity index (χ0v) is 20.7. The number of nitrogens with one attached hydrogen (secondary N) is 3. The van der Waals surface area contributed by atoms with Gasteiger partial charge in [0.15, 0.2) is 12.1 Å². The highest BCUT2D eigenvalue weighted by molar-refractivity contribution is 6.04. The molecule has 1 aromatic carbocycles. The van der Waals surface area contributed by atoms with Crippen LogP contribution >= 0.6 is 0 Å². The van der Waals surface area contributed by atoms with Crippen molar-refractivity contribution >= 4 is 24.0 Å². The second kappa shape index (κ2) is 11.1. The third kappa shape index (κ3) is 6.13. The molecule has 1 aliphatic heterocycles. The minimum absolute atomic E-state index is 0.0442. The van der Waals surface area contributed by atoms with Crippen molar-refractivity contribution in [3.05, 3.63) is 52.7 Å². The van der Waals surface area contributed by atoms with Gasteiger partial charge in [-0.2, -0.15) is 5.10 Å². The van der Waals surface area contributed by atoms with Crippen molar-refractivity contribution in [1.29, 1.82) is 0 Å². The number of aromatic amines is 1. The van der Waals surface area contributed by atoms with E-state index in [4.69, 9.17) is 4.74 Å². The molecule has 2 aromatic rings. The molecule has 1 saturated carbocycles. The Bertz CT molecular complexity index is 1250. The number of aldehydes is 1. The number of H-pyrrole nitrogens is 1. The van der Waals surface area contributed by atoms with Crippen LogP contribution in [-0.2, 0) is 4.74 Å². The summed E-state index contributed by atoms with van der Waals surface area (Å²) in [7, 11) is 0. The third-order valence-corrected chi connectivity index (χ3v) is 6.26. The number of amides is 1. The first-order valence-corrected chi connectivity index (χ1v) is 12.2. The van der Waals surface area contributed by atoms with Crippen LogP contribution in [-0.4, -0.2) is 52.2 Å². The van der Waals surface area contributed by atoms with E-state index in [2.05, 4.69) is 37.7 Å².